The minimum absolute atomic E-state index is 0.0344. The standard InChI is InChI=1S/C14H27N3O4/c1-9(11(20)16-13(2,3)4)15-12(21)17-14(5,6)8-7-10(18)19/h9H,7-8H2,1-6H3,(H,16,20)(H,18,19)(H2,15,17,21). The predicted octanol–water partition coefficient (Wildman–Crippen LogP) is 1.23. The average molecular weight is 301 g/mol. The smallest absolute Gasteiger partial charge is 0.315 e. The number of hydrogen-bond donors (Lipinski definition) is 4. The van der Waals surface area contributed by atoms with Gasteiger partial charge < -0.3 is 21.1 Å². The summed E-state index contributed by atoms with van der Waals surface area (Å²) in [6, 6.07) is -1.18. The van der Waals surface area contributed by atoms with Crippen LogP contribution in [0.25, 0.3) is 0 Å². The molecule has 0 saturated heterocycles. The molecule has 0 saturated carbocycles. The van der Waals surface area contributed by atoms with Crippen molar-refractivity contribution in [2.24, 2.45) is 0 Å². The van der Waals surface area contributed by atoms with Crippen LogP contribution in [0.15, 0.2) is 0 Å². The summed E-state index contributed by atoms with van der Waals surface area (Å²) >= 11 is 0. The van der Waals surface area contributed by atoms with E-state index in [0.29, 0.717) is 6.42 Å². The molecule has 1 atom stereocenters. The zero-order valence-electron chi connectivity index (χ0n) is 13.7. The van der Waals surface area contributed by atoms with Gasteiger partial charge in [0.25, 0.3) is 0 Å². The van der Waals surface area contributed by atoms with Gasteiger partial charge in [0, 0.05) is 17.5 Å². The summed E-state index contributed by atoms with van der Waals surface area (Å²) in [5, 5.41) is 16.6. The lowest BCUT2D eigenvalue weighted by Crippen LogP contribution is -2.55. The van der Waals surface area contributed by atoms with Crippen LogP contribution in [0, 0.1) is 0 Å². The summed E-state index contributed by atoms with van der Waals surface area (Å²) in [7, 11) is 0. The van der Waals surface area contributed by atoms with E-state index in [9.17, 15) is 14.4 Å². The highest BCUT2D eigenvalue weighted by Gasteiger charge is 2.24. The summed E-state index contributed by atoms with van der Waals surface area (Å²) in [4.78, 5) is 34.2. The Balaban J connectivity index is 4.36. The fourth-order valence-corrected chi connectivity index (χ4v) is 1.57. The Bertz CT molecular complexity index is 400. The lowest BCUT2D eigenvalue weighted by Gasteiger charge is -2.28. The molecule has 7 nitrogen and oxygen atoms in total. The van der Waals surface area contributed by atoms with E-state index in [4.69, 9.17) is 5.11 Å². The molecule has 3 amide bonds. The lowest BCUT2D eigenvalue weighted by atomic mass is 9.99. The van der Waals surface area contributed by atoms with Crippen molar-refractivity contribution < 1.29 is 19.5 Å². The van der Waals surface area contributed by atoms with E-state index < -0.39 is 23.6 Å². The van der Waals surface area contributed by atoms with Gasteiger partial charge in [-0.2, -0.15) is 0 Å². The van der Waals surface area contributed by atoms with Crippen LogP contribution in [0.1, 0.15) is 54.4 Å². The SMILES string of the molecule is CC(NC(=O)NC(C)(C)CCC(=O)O)C(=O)NC(C)(C)C. The summed E-state index contributed by atoms with van der Waals surface area (Å²) in [5.41, 5.74) is -1.03. The Morgan fingerprint density at radius 3 is 2.00 bits per heavy atom. The molecule has 0 rings (SSSR count). The molecule has 0 aliphatic carbocycles. The van der Waals surface area contributed by atoms with Crippen LogP contribution >= 0.6 is 0 Å². The molecule has 122 valence electrons. The molecule has 7 heteroatoms. The number of carbonyl (C=O) groups excluding carboxylic acids is 2. The van der Waals surface area contributed by atoms with Crippen molar-refractivity contribution in [1.82, 2.24) is 16.0 Å². The number of hydrogen-bond acceptors (Lipinski definition) is 3. The number of amides is 3. The van der Waals surface area contributed by atoms with Crippen LogP contribution in [0.4, 0.5) is 4.79 Å². The second-order valence-corrected chi connectivity index (χ2v) is 6.84. The highest BCUT2D eigenvalue weighted by atomic mass is 16.4. The first-order valence-corrected chi connectivity index (χ1v) is 6.95. The summed E-state index contributed by atoms with van der Waals surface area (Å²) in [6.45, 7) is 10.6. The molecule has 0 spiro atoms. The van der Waals surface area contributed by atoms with Crippen LogP contribution in [0.5, 0.6) is 0 Å². The van der Waals surface area contributed by atoms with Crippen molar-refractivity contribution >= 4 is 17.9 Å². The van der Waals surface area contributed by atoms with E-state index in [1.54, 1.807) is 20.8 Å². The van der Waals surface area contributed by atoms with Gasteiger partial charge in [-0.05, 0) is 48.0 Å². The number of nitrogens with one attached hydrogen (secondary N) is 3. The maximum absolute atomic E-state index is 11.8. The first-order chi connectivity index (χ1) is 9.32. The third-order valence-corrected chi connectivity index (χ3v) is 2.65. The molecule has 0 fully saturated rings. The third kappa shape index (κ3) is 9.70. The maximum atomic E-state index is 11.8. The van der Waals surface area contributed by atoms with Crippen molar-refractivity contribution in [1.29, 1.82) is 0 Å². The Morgan fingerprint density at radius 1 is 1.05 bits per heavy atom. The Morgan fingerprint density at radius 2 is 1.57 bits per heavy atom. The number of urea groups is 1. The highest BCUT2D eigenvalue weighted by Crippen LogP contribution is 2.11. The van der Waals surface area contributed by atoms with Gasteiger partial charge in [-0.1, -0.05) is 0 Å². The monoisotopic (exact) mass is 301 g/mol. The van der Waals surface area contributed by atoms with Crippen molar-refractivity contribution in [2.75, 3.05) is 0 Å². The van der Waals surface area contributed by atoms with E-state index in [1.165, 1.54) is 0 Å². The molecule has 0 heterocycles. The van der Waals surface area contributed by atoms with Gasteiger partial charge in [0.05, 0.1) is 0 Å². The molecular weight excluding hydrogens is 274 g/mol. The molecular formula is C14H27N3O4. The first-order valence-electron chi connectivity index (χ1n) is 6.95. The number of carboxylic acids is 1. The third-order valence-electron chi connectivity index (χ3n) is 2.65. The van der Waals surface area contributed by atoms with Gasteiger partial charge in [-0.25, -0.2) is 4.79 Å². The van der Waals surface area contributed by atoms with Gasteiger partial charge in [-0.15, -0.1) is 0 Å². The maximum Gasteiger partial charge on any atom is 0.315 e. The zero-order valence-corrected chi connectivity index (χ0v) is 13.7. The second-order valence-electron chi connectivity index (χ2n) is 6.84. The molecule has 0 aromatic heterocycles. The van der Waals surface area contributed by atoms with Gasteiger partial charge in [0.15, 0.2) is 0 Å². The molecule has 1 unspecified atom stereocenters. The van der Waals surface area contributed by atoms with E-state index in [0.717, 1.165) is 0 Å². The molecule has 0 bridgehead atoms. The van der Waals surface area contributed by atoms with Crippen LogP contribution in [0.2, 0.25) is 0 Å². The lowest BCUT2D eigenvalue weighted by molar-refractivity contribution is -0.137. The number of aliphatic carboxylic acids is 1. The van der Waals surface area contributed by atoms with Crippen molar-refractivity contribution in [3.05, 3.63) is 0 Å². The van der Waals surface area contributed by atoms with Gasteiger partial charge in [0.1, 0.15) is 6.04 Å². The number of carboxylic acid groups (broad SMARTS) is 1. The molecule has 4 N–H and O–H groups in total. The first kappa shape index (κ1) is 19.2. The molecule has 0 radical (unpaired) electrons. The van der Waals surface area contributed by atoms with E-state index >= 15 is 0 Å². The van der Waals surface area contributed by atoms with Crippen molar-refractivity contribution in [3.8, 4) is 0 Å². The fourth-order valence-electron chi connectivity index (χ4n) is 1.57. The van der Waals surface area contributed by atoms with Crippen molar-refractivity contribution in [2.45, 2.75) is 71.5 Å². The largest absolute Gasteiger partial charge is 0.481 e. The topological polar surface area (TPSA) is 108 Å². The average Bonchev–Trinajstić information content (AvgIpc) is 2.23. The van der Waals surface area contributed by atoms with Crippen molar-refractivity contribution in [3.63, 3.8) is 0 Å². The van der Waals surface area contributed by atoms with E-state index in [-0.39, 0.29) is 17.9 Å². The summed E-state index contributed by atoms with van der Waals surface area (Å²) in [6.07, 6.45) is 0.270. The zero-order chi connectivity index (χ0) is 16.8. The molecule has 0 aromatic rings. The Labute approximate surface area is 125 Å². The quantitative estimate of drug-likeness (QED) is 0.592. The molecule has 0 aliphatic rings. The predicted molar refractivity (Wildman–Crippen MR) is 80.0 cm³/mol. The van der Waals surface area contributed by atoms with Crippen LogP contribution in [0.3, 0.4) is 0 Å². The van der Waals surface area contributed by atoms with Gasteiger partial charge in [0.2, 0.25) is 5.91 Å². The van der Waals surface area contributed by atoms with Crippen LogP contribution in [-0.4, -0.2) is 40.1 Å². The van der Waals surface area contributed by atoms with Crippen LogP contribution in [-0.2, 0) is 9.59 Å². The van der Waals surface area contributed by atoms with Gasteiger partial charge in [-0.3, -0.25) is 9.59 Å². The minimum atomic E-state index is -0.914. The van der Waals surface area contributed by atoms with E-state index in [2.05, 4.69) is 16.0 Å². The normalized spacial score (nSPS) is 13.2. The Kier molecular flexibility index (Phi) is 6.66. The molecule has 0 aliphatic heterocycles. The second kappa shape index (κ2) is 7.28. The Hall–Kier alpha value is -1.79. The van der Waals surface area contributed by atoms with E-state index in [1.807, 2.05) is 20.8 Å². The minimum Gasteiger partial charge on any atom is -0.481 e. The highest BCUT2D eigenvalue weighted by molar-refractivity contribution is 5.87. The number of carbonyl (C=O) groups is 3. The molecule has 21 heavy (non-hydrogen) atoms. The molecule has 0 aromatic carbocycles. The van der Waals surface area contributed by atoms with Crippen LogP contribution < -0.4 is 16.0 Å². The number of rotatable bonds is 6. The van der Waals surface area contributed by atoms with Gasteiger partial charge >= 0.3 is 12.0 Å². The summed E-state index contributed by atoms with van der Waals surface area (Å²) in [5.74, 6) is -1.19. The summed E-state index contributed by atoms with van der Waals surface area (Å²) < 4.78 is 0. The fraction of sp³-hybridized carbons (Fsp3) is 0.786.